The van der Waals surface area contributed by atoms with Gasteiger partial charge >= 0.3 is 0 Å². The zero-order chi connectivity index (χ0) is 12.3. The minimum atomic E-state index is -0.216. The maximum absolute atomic E-state index is 13.7. The van der Waals surface area contributed by atoms with Crippen LogP contribution in [-0.2, 0) is 11.3 Å². The van der Waals surface area contributed by atoms with E-state index in [4.69, 9.17) is 10.5 Å². The van der Waals surface area contributed by atoms with Crippen LogP contribution in [-0.4, -0.2) is 25.8 Å². The lowest BCUT2D eigenvalue weighted by molar-refractivity contribution is 0.0929. The molecular formula is C13H19FN2O. The molecule has 2 rings (SSSR count). The standard InChI is InChI=1S/C13H19FN2O/c1-2-11-9-17-6-5-16(11)12-4-3-10(8-15)13(14)7-12/h3-4,7,11H,2,5-6,8-9,15H2,1H3. The summed E-state index contributed by atoms with van der Waals surface area (Å²) in [5.74, 6) is -0.216. The quantitative estimate of drug-likeness (QED) is 0.874. The molecule has 1 atom stereocenters. The summed E-state index contributed by atoms with van der Waals surface area (Å²) in [5.41, 5.74) is 6.95. The number of morpholine rings is 1. The predicted octanol–water partition coefficient (Wildman–Crippen LogP) is 1.90. The molecule has 0 spiro atoms. The van der Waals surface area contributed by atoms with Gasteiger partial charge in [-0.05, 0) is 18.6 Å². The third-order valence-electron chi connectivity index (χ3n) is 3.29. The molecule has 1 aliphatic heterocycles. The molecule has 0 bridgehead atoms. The molecule has 1 heterocycles. The first-order valence-corrected chi connectivity index (χ1v) is 6.09. The molecule has 0 saturated carbocycles. The van der Waals surface area contributed by atoms with Crippen molar-refractivity contribution >= 4 is 5.69 Å². The summed E-state index contributed by atoms with van der Waals surface area (Å²) in [5, 5.41) is 0. The summed E-state index contributed by atoms with van der Waals surface area (Å²) in [7, 11) is 0. The van der Waals surface area contributed by atoms with E-state index in [0.717, 1.165) is 25.3 Å². The molecule has 1 aliphatic rings. The second kappa shape index (κ2) is 5.47. The summed E-state index contributed by atoms with van der Waals surface area (Å²) in [6.45, 7) is 4.61. The number of rotatable bonds is 3. The smallest absolute Gasteiger partial charge is 0.129 e. The number of halogens is 1. The number of hydrogen-bond donors (Lipinski definition) is 1. The van der Waals surface area contributed by atoms with Gasteiger partial charge in [-0.3, -0.25) is 0 Å². The topological polar surface area (TPSA) is 38.5 Å². The van der Waals surface area contributed by atoms with Gasteiger partial charge < -0.3 is 15.4 Å². The Morgan fingerprint density at radius 1 is 1.53 bits per heavy atom. The molecule has 94 valence electrons. The molecule has 1 saturated heterocycles. The highest BCUT2D eigenvalue weighted by Crippen LogP contribution is 2.23. The van der Waals surface area contributed by atoms with E-state index < -0.39 is 0 Å². The van der Waals surface area contributed by atoms with Gasteiger partial charge in [0.15, 0.2) is 0 Å². The SMILES string of the molecule is CCC1COCCN1c1ccc(CN)c(F)c1. The van der Waals surface area contributed by atoms with Crippen molar-refractivity contribution in [2.75, 3.05) is 24.7 Å². The molecule has 1 aromatic rings. The highest BCUT2D eigenvalue weighted by atomic mass is 19.1. The fourth-order valence-electron chi connectivity index (χ4n) is 2.21. The summed E-state index contributed by atoms with van der Waals surface area (Å²) in [6, 6.07) is 5.63. The first kappa shape index (κ1) is 12.3. The average molecular weight is 238 g/mol. The van der Waals surface area contributed by atoms with Crippen LogP contribution in [0.15, 0.2) is 18.2 Å². The number of anilines is 1. The molecular weight excluding hydrogens is 219 g/mol. The van der Waals surface area contributed by atoms with Crippen molar-refractivity contribution < 1.29 is 9.13 Å². The lowest BCUT2D eigenvalue weighted by atomic mass is 10.1. The van der Waals surface area contributed by atoms with E-state index in [9.17, 15) is 4.39 Å². The Labute approximate surface area is 101 Å². The van der Waals surface area contributed by atoms with E-state index >= 15 is 0 Å². The highest BCUT2D eigenvalue weighted by molar-refractivity contribution is 5.49. The van der Waals surface area contributed by atoms with Crippen molar-refractivity contribution in [2.45, 2.75) is 25.9 Å². The first-order valence-electron chi connectivity index (χ1n) is 6.09. The van der Waals surface area contributed by atoms with Gasteiger partial charge in [-0.1, -0.05) is 13.0 Å². The minimum absolute atomic E-state index is 0.216. The van der Waals surface area contributed by atoms with Crippen LogP contribution >= 0.6 is 0 Å². The molecule has 1 unspecified atom stereocenters. The van der Waals surface area contributed by atoms with Crippen LogP contribution in [0, 0.1) is 5.82 Å². The van der Waals surface area contributed by atoms with E-state index in [2.05, 4.69) is 11.8 Å². The lowest BCUT2D eigenvalue weighted by Gasteiger charge is -2.37. The molecule has 17 heavy (non-hydrogen) atoms. The third-order valence-corrected chi connectivity index (χ3v) is 3.29. The summed E-state index contributed by atoms with van der Waals surface area (Å²) in [6.07, 6.45) is 1.00. The molecule has 4 heteroatoms. The van der Waals surface area contributed by atoms with E-state index in [1.807, 2.05) is 6.07 Å². The molecule has 0 aliphatic carbocycles. The van der Waals surface area contributed by atoms with Crippen molar-refractivity contribution in [3.63, 3.8) is 0 Å². The molecule has 0 amide bonds. The van der Waals surface area contributed by atoms with Gasteiger partial charge in [-0.15, -0.1) is 0 Å². The zero-order valence-electron chi connectivity index (χ0n) is 10.2. The average Bonchev–Trinajstić information content (AvgIpc) is 2.38. The number of hydrogen-bond acceptors (Lipinski definition) is 3. The van der Waals surface area contributed by atoms with Crippen LogP contribution in [0.25, 0.3) is 0 Å². The van der Waals surface area contributed by atoms with Crippen molar-refractivity contribution in [1.29, 1.82) is 0 Å². The number of nitrogens with zero attached hydrogens (tertiary/aromatic N) is 1. The molecule has 1 aromatic carbocycles. The molecule has 0 aromatic heterocycles. The predicted molar refractivity (Wildman–Crippen MR) is 66.5 cm³/mol. The van der Waals surface area contributed by atoms with Crippen LogP contribution in [0.2, 0.25) is 0 Å². The zero-order valence-corrected chi connectivity index (χ0v) is 10.2. The van der Waals surface area contributed by atoms with Gasteiger partial charge in [0.25, 0.3) is 0 Å². The van der Waals surface area contributed by atoms with E-state index in [1.165, 1.54) is 0 Å². The van der Waals surface area contributed by atoms with Crippen molar-refractivity contribution in [1.82, 2.24) is 0 Å². The van der Waals surface area contributed by atoms with Gasteiger partial charge in [0.1, 0.15) is 5.82 Å². The van der Waals surface area contributed by atoms with Crippen LogP contribution in [0.1, 0.15) is 18.9 Å². The molecule has 1 fully saturated rings. The second-order valence-corrected chi connectivity index (χ2v) is 4.31. The molecule has 0 radical (unpaired) electrons. The van der Waals surface area contributed by atoms with Gasteiger partial charge in [0.05, 0.1) is 19.3 Å². The summed E-state index contributed by atoms with van der Waals surface area (Å²) >= 11 is 0. The molecule has 2 N–H and O–H groups in total. The number of ether oxygens (including phenoxy) is 1. The Hall–Kier alpha value is -1.13. The minimum Gasteiger partial charge on any atom is -0.377 e. The van der Waals surface area contributed by atoms with Gasteiger partial charge in [0, 0.05) is 24.3 Å². The lowest BCUT2D eigenvalue weighted by Crippen LogP contribution is -2.45. The monoisotopic (exact) mass is 238 g/mol. The number of benzene rings is 1. The van der Waals surface area contributed by atoms with Crippen LogP contribution in [0.3, 0.4) is 0 Å². The van der Waals surface area contributed by atoms with Gasteiger partial charge in [0.2, 0.25) is 0 Å². The van der Waals surface area contributed by atoms with Crippen LogP contribution in [0.4, 0.5) is 10.1 Å². The second-order valence-electron chi connectivity index (χ2n) is 4.31. The normalized spacial score (nSPS) is 20.6. The Morgan fingerprint density at radius 3 is 3.00 bits per heavy atom. The largest absolute Gasteiger partial charge is 0.377 e. The third kappa shape index (κ3) is 2.58. The Balaban J connectivity index is 2.23. The van der Waals surface area contributed by atoms with Crippen LogP contribution in [0.5, 0.6) is 0 Å². The Kier molecular flexibility index (Phi) is 3.97. The fourth-order valence-corrected chi connectivity index (χ4v) is 2.21. The van der Waals surface area contributed by atoms with Crippen molar-refractivity contribution in [3.8, 4) is 0 Å². The van der Waals surface area contributed by atoms with Crippen molar-refractivity contribution in [3.05, 3.63) is 29.6 Å². The first-order chi connectivity index (χ1) is 8.26. The maximum Gasteiger partial charge on any atom is 0.129 e. The van der Waals surface area contributed by atoms with Gasteiger partial charge in [-0.2, -0.15) is 0 Å². The van der Waals surface area contributed by atoms with Gasteiger partial charge in [-0.25, -0.2) is 4.39 Å². The maximum atomic E-state index is 13.7. The fraction of sp³-hybridized carbons (Fsp3) is 0.538. The highest BCUT2D eigenvalue weighted by Gasteiger charge is 2.22. The Bertz CT molecular complexity index is 384. The van der Waals surface area contributed by atoms with Crippen LogP contribution < -0.4 is 10.6 Å². The van der Waals surface area contributed by atoms with E-state index in [0.29, 0.717) is 18.2 Å². The molecule has 3 nitrogen and oxygen atoms in total. The van der Waals surface area contributed by atoms with E-state index in [1.54, 1.807) is 12.1 Å². The summed E-state index contributed by atoms with van der Waals surface area (Å²) < 4.78 is 19.1. The Morgan fingerprint density at radius 2 is 2.35 bits per heavy atom. The number of nitrogens with two attached hydrogens (primary N) is 1. The summed E-state index contributed by atoms with van der Waals surface area (Å²) in [4.78, 5) is 2.22. The van der Waals surface area contributed by atoms with E-state index in [-0.39, 0.29) is 12.4 Å². The van der Waals surface area contributed by atoms with Crippen molar-refractivity contribution in [2.24, 2.45) is 5.73 Å².